The summed E-state index contributed by atoms with van der Waals surface area (Å²) < 4.78 is 63.2. The first-order valence-electron chi connectivity index (χ1n) is 5.64. The Balaban J connectivity index is -0.000000219. The van der Waals surface area contributed by atoms with Gasteiger partial charge in [0.1, 0.15) is 0 Å². The van der Waals surface area contributed by atoms with Crippen molar-refractivity contribution >= 4 is 28.1 Å². The smallest absolute Gasteiger partial charge is 0.264 e. The van der Waals surface area contributed by atoms with Gasteiger partial charge in [-0.25, -0.2) is 0 Å². The van der Waals surface area contributed by atoms with Crippen molar-refractivity contribution in [3.8, 4) is 0 Å². The van der Waals surface area contributed by atoms with Gasteiger partial charge in [0.05, 0.1) is 0 Å². The Morgan fingerprint density at radius 3 is 0.737 bits per heavy atom. The molecule has 0 atom stereocenters. The minimum atomic E-state index is -4.67. The van der Waals surface area contributed by atoms with Crippen LogP contribution in [-0.4, -0.2) is 59.7 Å². The van der Waals surface area contributed by atoms with Crippen molar-refractivity contribution in [1.29, 1.82) is 0 Å². The van der Waals surface area contributed by atoms with Gasteiger partial charge in [-0.2, -0.15) is 16.8 Å². The van der Waals surface area contributed by atoms with Crippen LogP contribution < -0.4 is 0 Å². The Labute approximate surface area is 116 Å². The van der Waals surface area contributed by atoms with Gasteiger partial charge in [0.2, 0.25) is 0 Å². The van der Waals surface area contributed by atoms with Crippen molar-refractivity contribution in [2.45, 2.75) is 27.7 Å². The summed E-state index contributed by atoms with van der Waals surface area (Å²) in [6, 6.07) is 0. The zero-order valence-electron chi connectivity index (χ0n) is 11.6. The van der Waals surface area contributed by atoms with E-state index in [1.165, 1.54) is 24.6 Å². The van der Waals surface area contributed by atoms with Crippen LogP contribution in [0, 0.1) is 0 Å². The largest absolute Gasteiger partial charge is 0.394 e. The van der Waals surface area contributed by atoms with Gasteiger partial charge < -0.3 is 0 Å². The molecule has 0 aliphatic rings. The maximum Gasteiger partial charge on any atom is 0.394 e. The van der Waals surface area contributed by atoms with E-state index in [0.717, 1.165) is 0 Å². The molecule has 0 spiro atoms. The standard InChI is InChI=1S/C8H21P.2H2O4S/c1-5-9(6-2,7-3)8-4;2*1-5(2,3)4/h9H,5-8H2,1-4H3;2*(H2,1,2,3,4). The fraction of sp³-hybridized carbons (Fsp3) is 1.00. The number of hydrogen-bond donors (Lipinski definition) is 4. The first kappa shape index (κ1) is 24.2. The van der Waals surface area contributed by atoms with E-state index in [1.54, 1.807) is 0 Å². The minimum Gasteiger partial charge on any atom is -0.264 e. The van der Waals surface area contributed by atoms with Crippen LogP contribution in [0.3, 0.4) is 0 Å². The third kappa shape index (κ3) is 32.1. The van der Waals surface area contributed by atoms with Crippen molar-refractivity contribution in [2.75, 3.05) is 24.6 Å². The maximum atomic E-state index is 8.74. The van der Waals surface area contributed by atoms with E-state index in [4.69, 9.17) is 35.0 Å². The van der Waals surface area contributed by atoms with Gasteiger partial charge in [0.15, 0.2) is 0 Å². The van der Waals surface area contributed by atoms with Crippen LogP contribution in [0.1, 0.15) is 27.7 Å². The van der Waals surface area contributed by atoms with Crippen molar-refractivity contribution in [3.05, 3.63) is 0 Å². The Kier molecular flexibility index (Phi) is 13.9. The molecule has 0 radical (unpaired) electrons. The van der Waals surface area contributed by atoms with E-state index >= 15 is 0 Å². The first-order chi connectivity index (χ1) is 8.24. The molecule has 0 aromatic heterocycles. The second-order valence-electron chi connectivity index (χ2n) is 3.81. The summed E-state index contributed by atoms with van der Waals surface area (Å²) in [5.41, 5.74) is 0. The molecule has 4 N–H and O–H groups in total. The first-order valence-corrected chi connectivity index (χ1v) is 11.3. The topological polar surface area (TPSA) is 149 Å². The van der Waals surface area contributed by atoms with Crippen LogP contribution in [-0.2, 0) is 20.8 Å². The van der Waals surface area contributed by atoms with Crippen LogP contribution in [0.15, 0.2) is 0 Å². The van der Waals surface area contributed by atoms with Gasteiger partial charge in [-0.15, -0.1) is 0 Å². The molecule has 0 saturated heterocycles. The average molecular weight is 344 g/mol. The van der Waals surface area contributed by atoms with E-state index in [9.17, 15) is 0 Å². The zero-order chi connectivity index (χ0) is 16.3. The van der Waals surface area contributed by atoms with Crippen LogP contribution in [0.25, 0.3) is 0 Å². The third-order valence-corrected chi connectivity index (χ3v) is 9.00. The van der Waals surface area contributed by atoms with Gasteiger partial charge in [-0.05, 0) is 0 Å². The molecule has 19 heavy (non-hydrogen) atoms. The summed E-state index contributed by atoms with van der Waals surface area (Å²) in [4.78, 5) is 0. The molecule has 0 heterocycles. The van der Waals surface area contributed by atoms with E-state index in [1.807, 2.05) is 0 Å². The molecular weight excluding hydrogens is 319 g/mol. The number of hydrogen-bond acceptors (Lipinski definition) is 4. The Hall–Kier alpha value is 0.170. The summed E-state index contributed by atoms with van der Waals surface area (Å²) in [6.45, 7) is 9.46. The van der Waals surface area contributed by atoms with Crippen LogP contribution in [0.5, 0.6) is 0 Å². The van der Waals surface area contributed by atoms with Crippen molar-refractivity contribution in [2.24, 2.45) is 0 Å². The molecule has 0 rings (SSSR count). The summed E-state index contributed by atoms with van der Waals surface area (Å²) in [5.74, 6) is 0. The molecular formula is C8H25O8PS2. The third-order valence-electron chi connectivity index (χ3n) is 3.00. The number of rotatable bonds is 4. The molecule has 0 aromatic rings. The summed E-state index contributed by atoms with van der Waals surface area (Å²) in [6.07, 6.45) is 5.93. The van der Waals surface area contributed by atoms with Crippen LogP contribution >= 0.6 is 7.26 Å². The molecule has 122 valence electrons. The SMILES string of the molecule is CC[PH](CC)(CC)CC.O=S(=O)(O)O.O=S(=O)(O)O. The molecule has 0 unspecified atom stereocenters. The molecule has 8 nitrogen and oxygen atoms in total. The van der Waals surface area contributed by atoms with Gasteiger partial charge in [0, 0.05) is 0 Å². The van der Waals surface area contributed by atoms with E-state index in [2.05, 4.69) is 27.7 Å². The monoisotopic (exact) mass is 344 g/mol. The second kappa shape index (κ2) is 10.9. The Morgan fingerprint density at radius 2 is 0.737 bits per heavy atom. The molecule has 0 saturated carbocycles. The molecule has 0 aliphatic heterocycles. The average Bonchev–Trinajstić information content (AvgIpc) is 2.17. The molecule has 0 fully saturated rings. The van der Waals surface area contributed by atoms with Crippen molar-refractivity contribution in [1.82, 2.24) is 0 Å². The zero-order valence-corrected chi connectivity index (χ0v) is 14.2. The van der Waals surface area contributed by atoms with Gasteiger partial charge in [0.25, 0.3) is 0 Å². The van der Waals surface area contributed by atoms with Gasteiger partial charge >= 0.3 is 80.4 Å². The van der Waals surface area contributed by atoms with Crippen LogP contribution in [0.2, 0.25) is 0 Å². The summed E-state index contributed by atoms with van der Waals surface area (Å²) >= 11 is 0. The van der Waals surface area contributed by atoms with Gasteiger partial charge in [-0.3, -0.25) is 18.2 Å². The summed E-state index contributed by atoms with van der Waals surface area (Å²) in [7, 11) is -10.0. The van der Waals surface area contributed by atoms with E-state index < -0.39 is 28.1 Å². The fourth-order valence-electron chi connectivity index (χ4n) is 1.50. The predicted octanol–water partition coefficient (Wildman–Crippen LogP) is 1.51. The van der Waals surface area contributed by atoms with E-state index in [-0.39, 0.29) is 0 Å². The van der Waals surface area contributed by atoms with Crippen molar-refractivity contribution in [3.63, 3.8) is 0 Å². The predicted molar refractivity (Wildman–Crippen MR) is 78.8 cm³/mol. The molecule has 11 heteroatoms. The molecule has 0 aromatic carbocycles. The second-order valence-corrected chi connectivity index (χ2v) is 11.4. The van der Waals surface area contributed by atoms with Crippen LogP contribution in [0.4, 0.5) is 0 Å². The maximum absolute atomic E-state index is 8.74. The molecule has 0 bridgehead atoms. The summed E-state index contributed by atoms with van der Waals surface area (Å²) in [5, 5.41) is 0. The normalized spacial score (nSPS) is 12.6. The van der Waals surface area contributed by atoms with E-state index in [0.29, 0.717) is 0 Å². The Morgan fingerprint density at radius 1 is 0.632 bits per heavy atom. The Bertz CT molecular complexity index is 335. The quantitative estimate of drug-likeness (QED) is 0.443. The molecule has 0 amide bonds. The van der Waals surface area contributed by atoms with Crippen molar-refractivity contribution < 1.29 is 35.0 Å². The fourth-order valence-corrected chi connectivity index (χ4v) is 4.50. The molecule has 0 aliphatic carbocycles. The van der Waals surface area contributed by atoms with Gasteiger partial charge in [-0.1, -0.05) is 0 Å². The minimum absolute atomic E-state index is 0.691.